The Morgan fingerprint density at radius 2 is 2.19 bits per heavy atom. The van der Waals surface area contributed by atoms with Crippen LogP contribution in [0.1, 0.15) is 23.2 Å². The number of rotatable bonds is 5. The van der Waals surface area contributed by atoms with Gasteiger partial charge in [0, 0.05) is 30.4 Å². The van der Waals surface area contributed by atoms with Crippen LogP contribution in [0.5, 0.6) is 0 Å². The third-order valence-corrected chi connectivity index (χ3v) is 5.01. The van der Waals surface area contributed by atoms with Crippen molar-refractivity contribution >= 4 is 37.2 Å². The highest BCUT2D eigenvalue weighted by Gasteiger charge is 2.18. The monoisotopic (exact) mass is 351 g/mol. The maximum Gasteiger partial charge on any atom is 0.261 e. The van der Waals surface area contributed by atoms with Gasteiger partial charge in [0.25, 0.3) is 15.0 Å². The topological polar surface area (TPSA) is 72.5 Å². The molecule has 1 aliphatic heterocycles. The Morgan fingerprint density at radius 3 is 2.81 bits per heavy atom. The van der Waals surface area contributed by atoms with Crippen molar-refractivity contribution in [3.63, 3.8) is 0 Å². The first-order valence-electron chi connectivity index (χ1n) is 6.48. The number of amides is 1. The fraction of sp³-hybridized carbons (Fsp3) is 0.462. The number of hydrogen-bond donors (Lipinski definition) is 1. The Kier molecular flexibility index (Phi) is 5.48. The summed E-state index contributed by atoms with van der Waals surface area (Å²) in [5, 5.41) is 2.91. The Balaban J connectivity index is 2.01. The van der Waals surface area contributed by atoms with Crippen molar-refractivity contribution in [2.45, 2.75) is 17.7 Å². The van der Waals surface area contributed by atoms with Crippen LogP contribution in [0.25, 0.3) is 0 Å². The van der Waals surface area contributed by atoms with Gasteiger partial charge < -0.3 is 10.1 Å². The third kappa shape index (κ3) is 4.57. The number of ether oxygens (including phenoxy) is 1. The molecule has 1 aromatic carbocycles. The molecule has 0 bridgehead atoms. The summed E-state index contributed by atoms with van der Waals surface area (Å²) in [7, 11) is 1.37. The van der Waals surface area contributed by atoms with E-state index in [1.807, 2.05) is 0 Å². The van der Waals surface area contributed by atoms with E-state index >= 15 is 0 Å². The van der Waals surface area contributed by atoms with Crippen molar-refractivity contribution in [2.75, 3.05) is 19.8 Å². The van der Waals surface area contributed by atoms with E-state index in [1.165, 1.54) is 18.2 Å². The molecule has 0 aliphatic carbocycles. The molecule has 8 heteroatoms. The van der Waals surface area contributed by atoms with Crippen LogP contribution in [0.4, 0.5) is 0 Å². The maximum atomic E-state index is 12.1. The zero-order valence-corrected chi connectivity index (χ0v) is 13.5. The van der Waals surface area contributed by atoms with Gasteiger partial charge in [-0.25, -0.2) is 8.42 Å². The number of hydrogen-bond acceptors (Lipinski definition) is 4. The van der Waals surface area contributed by atoms with E-state index in [2.05, 4.69) is 5.32 Å². The number of halogens is 2. The molecule has 0 spiro atoms. The molecule has 21 heavy (non-hydrogen) atoms. The van der Waals surface area contributed by atoms with Gasteiger partial charge in [0.1, 0.15) is 0 Å². The highest BCUT2D eigenvalue weighted by Crippen LogP contribution is 2.23. The Hall–Kier alpha value is -0.820. The molecule has 1 aromatic rings. The molecule has 116 valence electrons. The Bertz CT molecular complexity index is 627. The van der Waals surface area contributed by atoms with Crippen molar-refractivity contribution in [2.24, 2.45) is 5.92 Å². The fourth-order valence-electron chi connectivity index (χ4n) is 2.13. The van der Waals surface area contributed by atoms with E-state index in [0.717, 1.165) is 26.1 Å². The van der Waals surface area contributed by atoms with Crippen LogP contribution >= 0.6 is 22.3 Å². The highest BCUT2D eigenvalue weighted by molar-refractivity contribution is 8.13. The molecule has 1 N–H and O–H groups in total. The second-order valence-corrected chi connectivity index (χ2v) is 7.83. The molecule has 1 unspecified atom stereocenters. The predicted molar refractivity (Wildman–Crippen MR) is 80.4 cm³/mol. The molecule has 1 fully saturated rings. The molecule has 0 radical (unpaired) electrons. The summed E-state index contributed by atoms with van der Waals surface area (Å²) in [5.41, 5.74) is 0.0982. The summed E-state index contributed by atoms with van der Waals surface area (Å²) >= 11 is 5.93. The van der Waals surface area contributed by atoms with Gasteiger partial charge in [-0.2, -0.15) is 0 Å². The SMILES string of the molecule is O=C(NCCC1CCOC1)c1cc(S(=O)(=O)Cl)ccc1Cl. The summed E-state index contributed by atoms with van der Waals surface area (Å²) in [6.07, 6.45) is 1.81. The number of carbonyl (C=O) groups is 1. The van der Waals surface area contributed by atoms with Crippen LogP contribution in [-0.2, 0) is 13.8 Å². The number of carbonyl (C=O) groups excluding carboxylic acids is 1. The first-order chi connectivity index (χ1) is 9.88. The van der Waals surface area contributed by atoms with Crippen LogP contribution in [0.3, 0.4) is 0 Å². The van der Waals surface area contributed by atoms with E-state index in [9.17, 15) is 13.2 Å². The van der Waals surface area contributed by atoms with Gasteiger partial charge in [0.05, 0.1) is 15.5 Å². The number of benzene rings is 1. The van der Waals surface area contributed by atoms with Crippen LogP contribution < -0.4 is 5.32 Å². The van der Waals surface area contributed by atoms with E-state index < -0.39 is 15.0 Å². The van der Waals surface area contributed by atoms with E-state index in [1.54, 1.807) is 0 Å². The van der Waals surface area contributed by atoms with E-state index in [-0.39, 0.29) is 15.5 Å². The van der Waals surface area contributed by atoms with Crippen molar-refractivity contribution < 1.29 is 17.9 Å². The Labute approximate surface area is 133 Å². The second kappa shape index (κ2) is 6.96. The van der Waals surface area contributed by atoms with Crippen molar-refractivity contribution in [1.29, 1.82) is 0 Å². The van der Waals surface area contributed by atoms with Gasteiger partial charge in [-0.1, -0.05) is 11.6 Å². The minimum atomic E-state index is -3.89. The van der Waals surface area contributed by atoms with E-state index in [4.69, 9.17) is 27.0 Å². The third-order valence-electron chi connectivity index (χ3n) is 3.33. The average molecular weight is 352 g/mol. The molecule has 1 amide bonds. The van der Waals surface area contributed by atoms with Crippen molar-refractivity contribution in [1.82, 2.24) is 5.32 Å². The maximum absolute atomic E-state index is 12.1. The van der Waals surface area contributed by atoms with Gasteiger partial charge in [-0.15, -0.1) is 0 Å². The molecule has 1 atom stereocenters. The zero-order valence-electron chi connectivity index (χ0n) is 11.1. The standard InChI is InChI=1S/C13H15Cl2NO4S/c14-12-2-1-10(21(15,18)19)7-11(12)13(17)16-5-3-9-4-6-20-8-9/h1-2,7,9H,3-6,8H2,(H,16,17). The predicted octanol–water partition coefficient (Wildman–Crippen LogP) is 2.42. The molecule has 5 nitrogen and oxygen atoms in total. The van der Waals surface area contributed by atoms with Gasteiger partial charge in [0.2, 0.25) is 0 Å². The van der Waals surface area contributed by atoms with Crippen molar-refractivity contribution in [3.05, 3.63) is 28.8 Å². The number of nitrogens with one attached hydrogen (secondary N) is 1. The highest BCUT2D eigenvalue weighted by atomic mass is 35.7. The molecule has 1 aliphatic rings. The molecule has 0 saturated carbocycles. The Morgan fingerprint density at radius 1 is 1.43 bits per heavy atom. The smallest absolute Gasteiger partial charge is 0.261 e. The normalized spacial score (nSPS) is 18.7. The fourth-order valence-corrected chi connectivity index (χ4v) is 3.11. The summed E-state index contributed by atoms with van der Waals surface area (Å²) in [6, 6.07) is 3.78. The molecule has 1 heterocycles. The largest absolute Gasteiger partial charge is 0.381 e. The zero-order chi connectivity index (χ0) is 15.5. The van der Waals surface area contributed by atoms with Gasteiger partial charge >= 0.3 is 0 Å². The minimum absolute atomic E-state index is 0.0982. The first-order valence-corrected chi connectivity index (χ1v) is 9.17. The van der Waals surface area contributed by atoms with Crippen molar-refractivity contribution in [3.8, 4) is 0 Å². The average Bonchev–Trinajstić information content (AvgIpc) is 2.91. The van der Waals surface area contributed by atoms with Gasteiger partial charge in [-0.3, -0.25) is 4.79 Å². The van der Waals surface area contributed by atoms with E-state index in [0.29, 0.717) is 12.5 Å². The first kappa shape index (κ1) is 16.5. The van der Waals surface area contributed by atoms with Gasteiger partial charge in [0.15, 0.2) is 0 Å². The second-order valence-electron chi connectivity index (χ2n) is 4.85. The molecular weight excluding hydrogens is 337 g/mol. The molecule has 1 saturated heterocycles. The molecular formula is C13H15Cl2NO4S. The quantitative estimate of drug-likeness (QED) is 0.826. The van der Waals surface area contributed by atoms with Crippen LogP contribution in [0, 0.1) is 5.92 Å². The van der Waals surface area contributed by atoms with Crippen LogP contribution in [0.15, 0.2) is 23.1 Å². The van der Waals surface area contributed by atoms with Gasteiger partial charge in [-0.05, 0) is 37.0 Å². The lowest BCUT2D eigenvalue weighted by molar-refractivity contribution is 0.0950. The summed E-state index contributed by atoms with van der Waals surface area (Å²) in [4.78, 5) is 11.9. The summed E-state index contributed by atoms with van der Waals surface area (Å²) in [5.74, 6) is 0.0383. The summed E-state index contributed by atoms with van der Waals surface area (Å²) in [6.45, 7) is 1.97. The lowest BCUT2D eigenvalue weighted by Crippen LogP contribution is -2.26. The molecule has 0 aromatic heterocycles. The minimum Gasteiger partial charge on any atom is -0.381 e. The summed E-state index contributed by atoms with van der Waals surface area (Å²) < 4.78 is 27.8. The lowest BCUT2D eigenvalue weighted by Gasteiger charge is -2.10. The lowest BCUT2D eigenvalue weighted by atomic mass is 10.1. The van der Waals surface area contributed by atoms with Crippen LogP contribution in [0.2, 0.25) is 5.02 Å². The van der Waals surface area contributed by atoms with Crippen LogP contribution in [-0.4, -0.2) is 34.1 Å². The molecule has 2 rings (SSSR count).